The number of halogens is 1. The van der Waals surface area contributed by atoms with Gasteiger partial charge in [-0.25, -0.2) is 0 Å². The first-order valence-corrected chi connectivity index (χ1v) is 7.30. The average Bonchev–Trinajstić information content (AvgIpc) is 2.60. The van der Waals surface area contributed by atoms with Gasteiger partial charge < -0.3 is 0 Å². The summed E-state index contributed by atoms with van der Waals surface area (Å²) in [7, 11) is 0. The summed E-state index contributed by atoms with van der Waals surface area (Å²) in [6.45, 7) is 4.74. The summed E-state index contributed by atoms with van der Waals surface area (Å²) in [4.78, 5) is 0. The van der Waals surface area contributed by atoms with E-state index in [1.165, 1.54) is 44.9 Å². The molecular weight excluding hydrogens is 204 g/mol. The van der Waals surface area contributed by atoms with Crippen molar-refractivity contribution in [3.63, 3.8) is 0 Å². The van der Waals surface area contributed by atoms with Crippen molar-refractivity contribution >= 4 is 11.6 Å². The number of rotatable bonds is 2. The monoisotopic (exact) mass is 228 g/mol. The standard InChI is InChI=1S/C14H25Cl/c1-3-11-5-4-6-12(9-11)13-7-8-14(15)10(13)2/h10-14H,3-9H2,1-2H3. The van der Waals surface area contributed by atoms with Gasteiger partial charge in [-0.2, -0.15) is 0 Å². The summed E-state index contributed by atoms with van der Waals surface area (Å²) in [5.74, 6) is 3.74. The summed E-state index contributed by atoms with van der Waals surface area (Å²) in [5.41, 5.74) is 0. The fourth-order valence-electron chi connectivity index (χ4n) is 3.90. The van der Waals surface area contributed by atoms with Crippen LogP contribution >= 0.6 is 11.6 Å². The smallest absolute Gasteiger partial charge is 0.0364 e. The van der Waals surface area contributed by atoms with E-state index in [1.807, 2.05) is 0 Å². The van der Waals surface area contributed by atoms with E-state index in [2.05, 4.69) is 13.8 Å². The first kappa shape index (κ1) is 11.8. The lowest BCUT2D eigenvalue weighted by Crippen LogP contribution is -2.25. The highest BCUT2D eigenvalue weighted by molar-refractivity contribution is 6.20. The molecule has 2 saturated carbocycles. The van der Waals surface area contributed by atoms with Crippen LogP contribution in [0.2, 0.25) is 0 Å². The molecule has 0 heterocycles. The predicted octanol–water partition coefficient (Wildman–Crippen LogP) is 4.86. The van der Waals surface area contributed by atoms with Crippen LogP contribution in [0.4, 0.5) is 0 Å². The maximum absolute atomic E-state index is 6.35. The van der Waals surface area contributed by atoms with Crippen LogP contribution in [0.5, 0.6) is 0 Å². The molecule has 0 amide bonds. The van der Waals surface area contributed by atoms with E-state index in [9.17, 15) is 0 Å². The molecule has 0 aliphatic heterocycles. The van der Waals surface area contributed by atoms with Gasteiger partial charge in [-0.05, 0) is 42.9 Å². The SMILES string of the molecule is CCC1CCCC(C2CCC(Cl)C2C)C1. The molecule has 2 aliphatic carbocycles. The Morgan fingerprint density at radius 3 is 2.53 bits per heavy atom. The van der Waals surface area contributed by atoms with Gasteiger partial charge in [0.1, 0.15) is 0 Å². The highest BCUT2D eigenvalue weighted by atomic mass is 35.5. The third-order valence-electron chi connectivity index (χ3n) is 5.03. The second-order valence-corrected chi connectivity index (χ2v) is 6.38. The zero-order chi connectivity index (χ0) is 10.8. The van der Waals surface area contributed by atoms with Crippen LogP contribution in [0.3, 0.4) is 0 Å². The second kappa shape index (κ2) is 5.08. The first-order chi connectivity index (χ1) is 7.22. The Balaban J connectivity index is 1.92. The van der Waals surface area contributed by atoms with Crippen LogP contribution in [-0.2, 0) is 0 Å². The number of alkyl halides is 1. The molecule has 0 radical (unpaired) electrons. The van der Waals surface area contributed by atoms with E-state index < -0.39 is 0 Å². The van der Waals surface area contributed by atoms with Crippen LogP contribution in [0.15, 0.2) is 0 Å². The molecule has 0 aromatic carbocycles. The van der Waals surface area contributed by atoms with Crippen molar-refractivity contribution < 1.29 is 0 Å². The molecule has 0 saturated heterocycles. The summed E-state index contributed by atoms with van der Waals surface area (Å²) in [6.07, 6.45) is 9.99. The lowest BCUT2D eigenvalue weighted by atomic mass is 9.71. The molecular formula is C14H25Cl. The fraction of sp³-hybridized carbons (Fsp3) is 1.00. The third kappa shape index (κ3) is 2.52. The van der Waals surface area contributed by atoms with Gasteiger partial charge >= 0.3 is 0 Å². The van der Waals surface area contributed by atoms with Crippen LogP contribution in [0, 0.1) is 23.7 Å². The molecule has 0 bridgehead atoms. The summed E-state index contributed by atoms with van der Waals surface area (Å²) < 4.78 is 0. The molecule has 2 aliphatic rings. The quantitative estimate of drug-likeness (QED) is 0.593. The largest absolute Gasteiger partial charge is 0.123 e. The van der Waals surface area contributed by atoms with Crippen molar-refractivity contribution in [2.45, 2.75) is 64.2 Å². The van der Waals surface area contributed by atoms with Gasteiger partial charge in [0.2, 0.25) is 0 Å². The van der Waals surface area contributed by atoms with Crippen LogP contribution < -0.4 is 0 Å². The van der Waals surface area contributed by atoms with E-state index in [4.69, 9.17) is 11.6 Å². The first-order valence-electron chi connectivity index (χ1n) is 6.86. The normalized spacial score (nSPS) is 47.0. The molecule has 2 fully saturated rings. The molecule has 0 spiro atoms. The Bertz CT molecular complexity index is 202. The molecule has 2 rings (SSSR count). The van der Waals surface area contributed by atoms with Crippen LogP contribution in [-0.4, -0.2) is 5.38 Å². The van der Waals surface area contributed by atoms with E-state index in [0.717, 1.165) is 23.7 Å². The molecule has 0 N–H and O–H groups in total. The summed E-state index contributed by atoms with van der Waals surface area (Å²) in [5, 5.41) is 0.469. The highest BCUT2D eigenvalue weighted by Gasteiger charge is 2.37. The topological polar surface area (TPSA) is 0 Å². The molecule has 1 heteroatoms. The Hall–Kier alpha value is 0.290. The lowest BCUT2D eigenvalue weighted by molar-refractivity contribution is 0.167. The van der Waals surface area contributed by atoms with Gasteiger partial charge in [-0.3, -0.25) is 0 Å². The molecule has 88 valence electrons. The van der Waals surface area contributed by atoms with Crippen LogP contribution in [0.1, 0.15) is 58.8 Å². The van der Waals surface area contributed by atoms with Gasteiger partial charge in [0, 0.05) is 5.38 Å². The minimum atomic E-state index is 0.469. The summed E-state index contributed by atoms with van der Waals surface area (Å²) in [6, 6.07) is 0. The second-order valence-electron chi connectivity index (χ2n) is 5.82. The molecule has 15 heavy (non-hydrogen) atoms. The zero-order valence-corrected chi connectivity index (χ0v) is 11.0. The van der Waals surface area contributed by atoms with Crippen molar-refractivity contribution in [2.75, 3.05) is 0 Å². The van der Waals surface area contributed by atoms with Gasteiger partial charge in [-0.1, -0.05) is 39.5 Å². The third-order valence-corrected chi connectivity index (χ3v) is 5.64. The Morgan fingerprint density at radius 2 is 1.93 bits per heavy atom. The van der Waals surface area contributed by atoms with Gasteiger partial charge in [0.25, 0.3) is 0 Å². The minimum Gasteiger partial charge on any atom is -0.123 e. The Labute approximate surface area is 99.8 Å². The lowest BCUT2D eigenvalue weighted by Gasteiger charge is -2.34. The Morgan fingerprint density at radius 1 is 1.13 bits per heavy atom. The number of hydrogen-bond donors (Lipinski definition) is 0. The van der Waals surface area contributed by atoms with Crippen LogP contribution in [0.25, 0.3) is 0 Å². The van der Waals surface area contributed by atoms with Gasteiger partial charge in [-0.15, -0.1) is 11.6 Å². The molecule has 5 unspecified atom stereocenters. The maximum atomic E-state index is 6.35. The van der Waals surface area contributed by atoms with E-state index in [-0.39, 0.29) is 0 Å². The zero-order valence-electron chi connectivity index (χ0n) is 10.2. The van der Waals surface area contributed by atoms with Crippen molar-refractivity contribution in [2.24, 2.45) is 23.7 Å². The molecule has 5 atom stereocenters. The van der Waals surface area contributed by atoms with E-state index in [0.29, 0.717) is 5.38 Å². The van der Waals surface area contributed by atoms with Crippen molar-refractivity contribution in [3.05, 3.63) is 0 Å². The fourth-order valence-corrected chi connectivity index (χ4v) is 4.22. The average molecular weight is 229 g/mol. The minimum absolute atomic E-state index is 0.469. The molecule has 0 aromatic rings. The van der Waals surface area contributed by atoms with E-state index in [1.54, 1.807) is 0 Å². The highest BCUT2D eigenvalue weighted by Crippen LogP contribution is 2.46. The predicted molar refractivity (Wildman–Crippen MR) is 67.3 cm³/mol. The maximum Gasteiger partial charge on any atom is 0.0364 e. The Kier molecular flexibility index (Phi) is 3.98. The van der Waals surface area contributed by atoms with Gasteiger partial charge in [0.05, 0.1) is 0 Å². The molecule has 0 nitrogen and oxygen atoms in total. The molecule has 0 aromatic heterocycles. The van der Waals surface area contributed by atoms with Crippen molar-refractivity contribution in [1.29, 1.82) is 0 Å². The summed E-state index contributed by atoms with van der Waals surface area (Å²) >= 11 is 6.35. The van der Waals surface area contributed by atoms with Crippen molar-refractivity contribution in [3.8, 4) is 0 Å². The van der Waals surface area contributed by atoms with E-state index >= 15 is 0 Å². The van der Waals surface area contributed by atoms with Gasteiger partial charge in [0.15, 0.2) is 0 Å². The number of hydrogen-bond acceptors (Lipinski definition) is 0. The van der Waals surface area contributed by atoms with Crippen molar-refractivity contribution in [1.82, 2.24) is 0 Å².